The van der Waals surface area contributed by atoms with Crippen molar-refractivity contribution in [1.82, 2.24) is 4.98 Å². The number of aryl methyl sites for hydroxylation is 1. The van der Waals surface area contributed by atoms with Gasteiger partial charge in [-0.1, -0.05) is 30.3 Å². The van der Waals surface area contributed by atoms with E-state index in [2.05, 4.69) is 0 Å². The number of rotatable bonds is 4. The van der Waals surface area contributed by atoms with Crippen LogP contribution in [0.25, 0.3) is 10.6 Å². The highest BCUT2D eigenvalue weighted by Crippen LogP contribution is 2.40. The number of ketones is 2. The van der Waals surface area contributed by atoms with Gasteiger partial charge in [-0.2, -0.15) is 0 Å². The van der Waals surface area contributed by atoms with Crippen molar-refractivity contribution in [2.24, 2.45) is 11.8 Å². The molecule has 0 spiro atoms. The lowest BCUT2D eigenvalue weighted by Crippen LogP contribution is -2.22. The quantitative estimate of drug-likeness (QED) is 0.759. The Bertz CT molecular complexity index is 808. The van der Waals surface area contributed by atoms with Gasteiger partial charge in [0, 0.05) is 36.0 Å². The topological polar surface area (TPSA) is 56.3 Å². The van der Waals surface area contributed by atoms with Gasteiger partial charge in [0.2, 0.25) is 0 Å². The molecule has 2 aromatic rings. The van der Waals surface area contributed by atoms with E-state index in [0.717, 1.165) is 47.9 Å². The van der Waals surface area contributed by atoms with Crippen LogP contribution < -0.4 is 0 Å². The number of aromatic nitrogens is 1. The highest BCUT2D eigenvalue weighted by molar-refractivity contribution is 7.15. The number of hydrogen-bond acceptors (Lipinski definition) is 5. The molecule has 0 bridgehead atoms. The molecule has 0 N–H and O–H groups in total. The Balaban J connectivity index is 1.55. The molecule has 1 saturated carbocycles. The molecule has 1 aromatic carbocycles. The number of Topliss-reactive ketones (excluding diaryl/α,β-unsaturated/α-hetero) is 2. The summed E-state index contributed by atoms with van der Waals surface area (Å²) < 4.78 is 5.40. The second-order valence-corrected chi connectivity index (χ2v) is 8.52. The normalized spacial score (nSPS) is 24.3. The molecule has 26 heavy (non-hydrogen) atoms. The van der Waals surface area contributed by atoms with Crippen molar-refractivity contribution in [3.8, 4) is 10.6 Å². The van der Waals surface area contributed by atoms with Crippen LogP contribution in [0.2, 0.25) is 0 Å². The Morgan fingerprint density at radius 3 is 2.62 bits per heavy atom. The van der Waals surface area contributed by atoms with Crippen LogP contribution in [0.5, 0.6) is 0 Å². The number of thiazole rings is 1. The Kier molecular flexibility index (Phi) is 5.00. The van der Waals surface area contributed by atoms with E-state index in [9.17, 15) is 9.59 Å². The summed E-state index contributed by atoms with van der Waals surface area (Å²) in [5.41, 5.74) is 1.71. The molecule has 4 nitrogen and oxygen atoms in total. The lowest BCUT2D eigenvalue weighted by atomic mass is 9.86. The Morgan fingerprint density at radius 1 is 1.15 bits per heavy atom. The summed E-state index contributed by atoms with van der Waals surface area (Å²) in [7, 11) is 0. The fourth-order valence-corrected chi connectivity index (χ4v) is 5.06. The molecule has 2 fully saturated rings. The zero-order valence-electron chi connectivity index (χ0n) is 14.9. The first-order valence-electron chi connectivity index (χ1n) is 9.30. The van der Waals surface area contributed by atoms with Crippen LogP contribution >= 0.6 is 11.3 Å². The summed E-state index contributed by atoms with van der Waals surface area (Å²) in [5.74, 6) is -0.180. The van der Waals surface area contributed by atoms with E-state index < -0.39 is 5.92 Å². The molecule has 4 rings (SSSR count). The number of benzene rings is 1. The maximum atomic E-state index is 13.0. The van der Waals surface area contributed by atoms with Crippen molar-refractivity contribution in [3.05, 3.63) is 40.9 Å². The van der Waals surface area contributed by atoms with Gasteiger partial charge in [0.25, 0.3) is 0 Å². The van der Waals surface area contributed by atoms with Crippen molar-refractivity contribution >= 4 is 22.9 Å². The number of hydrogen-bond donors (Lipinski definition) is 0. The number of carbonyl (C=O) groups excluding carboxylic acids is 2. The van der Waals surface area contributed by atoms with Crippen LogP contribution in [0, 0.1) is 18.8 Å². The number of nitrogens with zero attached hydrogens (tertiary/aromatic N) is 1. The number of carbonyl (C=O) groups is 2. The van der Waals surface area contributed by atoms with Gasteiger partial charge >= 0.3 is 0 Å². The summed E-state index contributed by atoms with van der Waals surface area (Å²) in [6.07, 6.45) is 3.19. The van der Waals surface area contributed by atoms with E-state index in [1.165, 1.54) is 0 Å². The van der Waals surface area contributed by atoms with E-state index in [-0.39, 0.29) is 17.5 Å². The molecule has 5 heteroatoms. The van der Waals surface area contributed by atoms with Crippen LogP contribution in [0.15, 0.2) is 30.3 Å². The van der Waals surface area contributed by atoms with Gasteiger partial charge in [-0.25, -0.2) is 4.98 Å². The molecular formula is C21H23NO3S. The van der Waals surface area contributed by atoms with Crippen LogP contribution in [-0.4, -0.2) is 29.8 Å². The molecule has 2 atom stereocenters. The van der Waals surface area contributed by atoms with E-state index in [1.54, 1.807) is 11.3 Å². The van der Waals surface area contributed by atoms with Crippen molar-refractivity contribution < 1.29 is 14.3 Å². The molecule has 1 saturated heterocycles. The molecule has 1 aromatic heterocycles. The molecule has 2 unspecified atom stereocenters. The molecule has 1 aliphatic carbocycles. The molecule has 1 aliphatic heterocycles. The summed E-state index contributed by atoms with van der Waals surface area (Å²) in [5, 5.41) is 0.881. The number of ether oxygens (including phenoxy) is 1. The monoisotopic (exact) mass is 369 g/mol. The third-order valence-corrected chi connectivity index (χ3v) is 6.58. The van der Waals surface area contributed by atoms with Gasteiger partial charge in [0.15, 0.2) is 5.78 Å². The average Bonchev–Trinajstić information content (AvgIpc) is 3.16. The SMILES string of the molecule is Cc1sc(-c2ccccc2)nc1C1C(=O)CC(CC2CCOCC2)C1=O. The first kappa shape index (κ1) is 17.6. The fraction of sp³-hybridized carbons (Fsp3) is 0.476. The van der Waals surface area contributed by atoms with E-state index in [0.29, 0.717) is 18.0 Å². The van der Waals surface area contributed by atoms with Crippen molar-refractivity contribution in [2.45, 2.75) is 38.5 Å². The largest absolute Gasteiger partial charge is 0.381 e. The van der Waals surface area contributed by atoms with E-state index in [4.69, 9.17) is 9.72 Å². The minimum absolute atomic E-state index is 0.0417. The molecule has 136 valence electrons. The lowest BCUT2D eigenvalue weighted by Gasteiger charge is -2.23. The van der Waals surface area contributed by atoms with Crippen LogP contribution in [-0.2, 0) is 14.3 Å². The molecule has 2 aliphatic rings. The Labute approximate surface area is 157 Å². The highest BCUT2D eigenvalue weighted by Gasteiger charge is 2.44. The zero-order valence-corrected chi connectivity index (χ0v) is 15.8. The molecular weight excluding hydrogens is 346 g/mol. The standard InChI is InChI=1S/C21H23NO3S/c1-13-19(22-21(26-13)15-5-3-2-4-6-15)18-17(23)12-16(20(18)24)11-14-7-9-25-10-8-14/h2-6,14,16,18H,7-12H2,1H3. The van der Waals surface area contributed by atoms with Crippen LogP contribution in [0.1, 0.15) is 42.2 Å². The molecule has 0 amide bonds. The average molecular weight is 369 g/mol. The Morgan fingerprint density at radius 2 is 1.88 bits per heavy atom. The summed E-state index contributed by atoms with van der Waals surface area (Å²) >= 11 is 1.56. The van der Waals surface area contributed by atoms with Crippen molar-refractivity contribution in [3.63, 3.8) is 0 Å². The zero-order chi connectivity index (χ0) is 18.1. The summed E-state index contributed by atoms with van der Waals surface area (Å²) in [6.45, 7) is 3.51. The highest BCUT2D eigenvalue weighted by atomic mass is 32.1. The second-order valence-electron chi connectivity index (χ2n) is 7.32. The van der Waals surface area contributed by atoms with Crippen LogP contribution in [0.3, 0.4) is 0 Å². The third kappa shape index (κ3) is 3.38. The van der Waals surface area contributed by atoms with E-state index >= 15 is 0 Å². The smallest absolute Gasteiger partial charge is 0.152 e. The minimum Gasteiger partial charge on any atom is -0.381 e. The minimum atomic E-state index is -0.659. The van der Waals surface area contributed by atoms with Crippen molar-refractivity contribution in [2.75, 3.05) is 13.2 Å². The fourth-order valence-electron chi connectivity index (χ4n) is 4.11. The predicted molar refractivity (Wildman–Crippen MR) is 101 cm³/mol. The first-order valence-corrected chi connectivity index (χ1v) is 10.1. The maximum absolute atomic E-state index is 13.0. The second kappa shape index (κ2) is 7.41. The van der Waals surface area contributed by atoms with Crippen molar-refractivity contribution in [1.29, 1.82) is 0 Å². The summed E-state index contributed by atoms with van der Waals surface area (Å²) in [4.78, 5) is 31.3. The Hall–Kier alpha value is -1.85. The predicted octanol–water partition coefficient (Wildman–Crippen LogP) is 4.18. The maximum Gasteiger partial charge on any atom is 0.152 e. The van der Waals surface area contributed by atoms with Gasteiger partial charge in [0.1, 0.15) is 16.7 Å². The lowest BCUT2D eigenvalue weighted by molar-refractivity contribution is -0.125. The van der Waals surface area contributed by atoms with Gasteiger partial charge in [-0.05, 0) is 32.1 Å². The van der Waals surface area contributed by atoms with Gasteiger partial charge in [-0.15, -0.1) is 11.3 Å². The third-order valence-electron chi connectivity index (χ3n) is 5.54. The first-order chi connectivity index (χ1) is 12.6. The van der Waals surface area contributed by atoms with Crippen LogP contribution in [0.4, 0.5) is 0 Å². The van der Waals surface area contributed by atoms with Gasteiger partial charge < -0.3 is 4.74 Å². The van der Waals surface area contributed by atoms with Gasteiger partial charge in [-0.3, -0.25) is 9.59 Å². The van der Waals surface area contributed by atoms with E-state index in [1.807, 2.05) is 37.3 Å². The summed E-state index contributed by atoms with van der Waals surface area (Å²) in [6, 6.07) is 9.93. The molecule has 2 heterocycles. The van der Waals surface area contributed by atoms with Gasteiger partial charge in [0.05, 0.1) is 5.69 Å². The molecule has 0 radical (unpaired) electrons.